The van der Waals surface area contributed by atoms with Gasteiger partial charge in [-0.2, -0.15) is 26.3 Å². The van der Waals surface area contributed by atoms with E-state index >= 15 is 0 Å². The molecule has 0 saturated heterocycles. The standard InChI is InChI=1S/C11H10BrF6NO/c1-5(19)7-3-2-6(4-8(7)12)20-9(10(13,14)15)11(16,17)18/h2-5,9H,19H2,1H3/t5-/m0/s1. The number of ether oxygens (including phenoxy) is 1. The fraction of sp³-hybridized carbons (Fsp3) is 0.455. The second-order valence-corrected chi connectivity index (χ2v) is 4.91. The van der Waals surface area contributed by atoms with Crippen LogP contribution in [0, 0.1) is 0 Å². The topological polar surface area (TPSA) is 35.2 Å². The Hall–Kier alpha value is -0.960. The van der Waals surface area contributed by atoms with Gasteiger partial charge in [-0.3, -0.25) is 0 Å². The minimum Gasteiger partial charge on any atom is -0.471 e. The largest absolute Gasteiger partial charge is 0.471 e. The third-order valence-electron chi connectivity index (χ3n) is 2.31. The van der Waals surface area contributed by atoms with E-state index in [0.717, 1.165) is 12.1 Å². The maximum atomic E-state index is 12.3. The van der Waals surface area contributed by atoms with Crippen LogP contribution in [0.1, 0.15) is 18.5 Å². The Morgan fingerprint density at radius 2 is 1.60 bits per heavy atom. The van der Waals surface area contributed by atoms with Gasteiger partial charge in [0, 0.05) is 10.5 Å². The molecule has 114 valence electrons. The highest BCUT2D eigenvalue weighted by Gasteiger charge is 2.59. The zero-order valence-corrected chi connectivity index (χ0v) is 11.6. The van der Waals surface area contributed by atoms with E-state index in [9.17, 15) is 26.3 Å². The van der Waals surface area contributed by atoms with Crippen molar-refractivity contribution in [2.24, 2.45) is 5.73 Å². The Kier molecular flexibility index (Phi) is 4.96. The highest BCUT2D eigenvalue weighted by Crippen LogP contribution is 2.37. The maximum absolute atomic E-state index is 12.3. The number of benzene rings is 1. The molecule has 2 N–H and O–H groups in total. The number of hydrogen-bond donors (Lipinski definition) is 1. The van der Waals surface area contributed by atoms with E-state index in [4.69, 9.17) is 5.73 Å². The van der Waals surface area contributed by atoms with Crippen molar-refractivity contribution in [1.82, 2.24) is 0 Å². The summed E-state index contributed by atoms with van der Waals surface area (Å²) < 4.78 is 78.3. The predicted octanol–water partition coefficient (Wildman–Crippen LogP) is 4.34. The van der Waals surface area contributed by atoms with Crippen molar-refractivity contribution in [3.8, 4) is 5.75 Å². The molecule has 1 aromatic rings. The van der Waals surface area contributed by atoms with Gasteiger partial charge >= 0.3 is 12.4 Å². The van der Waals surface area contributed by atoms with Gasteiger partial charge in [-0.1, -0.05) is 22.0 Å². The van der Waals surface area contributed by atoms with Crippen LogP contribution >= 0.6 is 15.9 Å². The van der Waals surface area contributed by atoms with E-state index in [-0.39, 0.29) is 4.47 Å². The quantitative estimate of drug-likeness (QED) is 0.808. The van der Waals surface area contributed by atoms with Crippen LogP contribution in [0.3, 0.4) is 0 Å². The van der Waals surface area contributed by atoms with E-state index in [1.54, 1.807) is 6.92 Å². The number of alkyl halides is 6. The average Bonchev–Trinajstić information content (AvgIpc) is 2.22. The van der Waals surface area contributed by atoms with Crippen LogP contribution in [0.15, 0.2) is 22.7 Å². The monoisotopic (exact) mass is 365 g/mol. The molecule has 0 unspecified atom stereocenters. The van der Waals surface area contributed by atoms with E-state index in [1.165, 1.54) is 6.07 Å². The minimum atomic E-state index is -5.55. The Morgan fingerprint density at radius 1 is 1.10 bits per heavy atom. The molecule has 0 amide bonds. The van der Waals surface area contributed by atoms with Crippen LogP contribution in [0.4, 0.5) is 26.3 Å². The van der Waals surface area contributed by atoms with Crippen molar-refractivity contribution in [2.45, 2.75) is 31.4 Å². The first-order valence-electron chi connectivity index (χ1n) is 5.28. The molecule has 0 spiro atoms. The summed E-state index contributed by atoms with van der Waals surface area (Å²) in [6.07, 6.45) is -15.0. The lowest BCUT2D eigenvalue weighted by Crippen LogP contribution is -2.46. The SMILES string of the molecule is C[C@H](N)c1ccc(OC(C(F)(F)F)C(F)(F)F)cc1Br. The van der Waals surface area contributed by atoms with Gasteiger partial charge in [0.25, 0.3) is 6.10 Å². The molecule has 0 aromatic heterocycles. The summed E-state index contributed by atoms with van der Waals surface area (Å²) in [5.74, 6) is -0.555. The summed E-state index contributed by atoms with van der Waals surface area (Å²) >= 11 is 3.02. The van der Waals surface area contributed by atoms with Crippen LogP contribution in [0.25, 0.3) is 0 Å². The molecule has 9 heteroatoms. The van der Waals surface area contributed by atoms with E-state index in [2.05, 4.69) is 20.7 Å². The van der Waals surface area contributed by atoms with Crippen LogP contribution in [0.2, 0.25) is 0 Å². The fourth-order valence-corrected chi connectivity index (χ4v) is 2.12. The van der Waals surface area contributed by atoms with Crippen LogP contribution in [0.5, 0.6) is 5.75 Å². The van der Waals surface area contributed by atoms with E-state index in [1.807, 2.05) is 0 Å². The lowest BCUT2D eigenvalue weighted by Gasteiger charge is -2.24. The van der Waals surface area contributed by atoms with Crippen LogP contribution in [-0.4, -0.2) is 18.5 Å². The molecule has 20 heavy (non-hydrogen) atoms. The minimum absolute atomic E-state index is 0.271. The van der Waals surface area contributed by atoms with Gasteiger partial charge in [-0.25, -0.2) is 0 Å². The lowest BCUT2D eigenvalue weighted by atomic mass is 10.1. The zero-order valence-electron chi connectivity index (χ0n) is 10.0. The summed E-state index contributed by atoms with van der Waals surface area (Å²) in [5, 5.41) is 0. The van der Waals surface area contributed by atoms with Crippen molar-refractivity contribution >= 4 is 15.9 Å². The van der Waals surface area contributed by atoms with Gasteiger partial charge in [0.05, 0.1) is 0 Å². The molecule has 1 aromatic carbocycles. The molecule has 0 saturated carbocycles. The first-order valence-corrected chi connectivity index (χ1v) is 6.07. The highest BCUT2D eigenvalue weighted by atomic mass is 79.9. The third kappa shape index (κ3) is 4.27. The molecule has 1 atom stereocenters. The van der Waals surface area contributed by atoms with Gasteiger partial charge in [0.15, 0.2) is 0 Å². The lowest BCUT2D eigenvalue weighted by molar-refractivity contribution is -0.299. The number of halogens is 7. The smallest absolute Gasteiger partial charge is 0.434 e. The molecule has 0 heterocycles. The Bertz CT molecular complexity index is 457. The zero-order chi connectivity index (χ0) is 15.7. The van der Waals surface area contributed by atoms with Gasteiger partial charge in [0.1, 0.15) is 5.75 Å². The molecule has 0 aliphatic carbocycles. The summed E-state index contributed by atoms with van der Waals surface area (Å²) in [7, 11) is 0. The maximum Gasteiger partial charge on any atom is 0.434 e. The van der Waals surface area contributed by atoms with E-state index < -0.39 is 30.2 Å². The summed E-state index contributed by atoms with van der Waals surface area (Å²) in [4.78, 5) is 0. The van der Waals surface area contributed by atoms with Crippen molar-refractivity contribution in [3.05, 3.63) is 28.2 Å². The second kappa shape index (κ2) is 5.80. The third-order valence-corrected chi connectivity index (χ3v) is 3.00. The number of nitrogens with two attached hydrogens (primary N) is 1. The highest BCUT2D eigenvalue weighted by molar-refractivity contribution is 9.10. The van der Waals surface area contributed by atoms with Gasteiger partial charge in [-0.05, 0) is 24.6 Å². The molecular formula is C11H10BrF6NO. The number of rotatable bonds is 3. The van der Waals surface area contributed by atoms with E-state index in [0.29, 0.717) is 5.56 Å². The Labute approximate surface area is 119 Å². The summed E-state index contributed by atoms with van der Waals surface area (Å²) in [6, 6.07) is 2.89. The first kappa shape index (κ1) is 17.1. The van der Waals surface area contributed by atoms with Crippen molar-refractivity contribution in [3.63, 3.8) is 0 Å². The second-order valence-electron chi connectivity index (χ2n) is 4.05. The molecule has 2 nitrogen and oxygen atoms in total. The van der Waals surface area contributed by atoms with Crippen molar-refractivity contribution in [1.29, 1.82) is 0 Å². The van der Waals surface area contributed by atoms with Gasteiger partial charge in [-0.15, -0.1) is 0 Å². The van der Waals surface area contributed by atoms with Crippen LogP contribution < -0.4 is 10.5 Å². The molecule has 1 rings (SSSR count). The summed E-state index contributed by atoms with van der Waals surface area (Å²) in [6.45, 7) is 1.62. The predicted molar refractivity (Wildman–Crippen MR) is 63.3 cm³/mol. The molecule has 0 radical (unpaired) electrons. The Morgan fingerprint density at radius 3 is 1.95 bits per heavy atom. The molecule has 0 bridgehead atoms. The number of hydrogen-bond acceptors (Lipinski definition) is 2. The molecule has 0 fully saturated rings. The molecular weight excluding hydrogens is 356 g/mol. The van der Waals surface area contributed by atoms with Gasteiger partial charge < -0.3 is 10.5 Å². The van der Waals surface area contributed by atoms with Crippen molar-refractivity contribution in [2.75, 3.05) is 0 Å². The first-order chi connectivity index (χ1) is 8.93. The summed E-state index contributed by atoms with van der Waals surface area (Å²) in [5.41, 5.74) is 6.11. The van der Waals surface area contributed by atoms with Crippen molar-refractivity contribution < 1.29 is 31.1 Å². The van der Waals surface area contributed by atoms with Gasteiger partial charge in [0.2, 0.25) is 0 Å². The average molecular weight is 366 g/mol. The molecule has 0 aliphatic rings. The molecule has 0 aliphatic heterocycles. The normalized spacial score (nSPS) is 14.5. The Balaban J connectivity index is 3.05. The fourth-order valence-electron chi connectivity index (χ4n) is 1.41. The van der Waals surface area contributed by atoms with Crippen LogP contribution in [-0.2, 0) is 0 Å².